The average molecular weight is 355 g/mol. The Morgan fingerprint density at radius 1 is 1.28 bits per heavy atom. The van der Waals surface area contributed by atoms with E-state index in [-0.39, 0.29) is 0 Å². The maximum absolute atomic E-state index is 12.4. The lowest BCUT2D eigenvalue weighted by molar-refractivity contribution is -0.137. The summed E-state index contributed by atoms with van der Waals surface area (Å²) in [5.74, 6) is 0.974. The third kappa shape index (κ3) is 6.56. The predicted molar refractivity (Wildman–Crippen MR) is 95.4 cm³/mol. The summed E-state index contributed by atoms with van der Waals surface area (Å²) in [4.78, 5) is 13.0. The summed E-state index contributed by atoms with van der Waals surface area (Å²) in [6.07, 6.45) is 1.90. The van der Waals surface area contributed by atoms with Crippen molar-refractivity contribution in [3.63, 3.8) is 0 Å². The molecule has 5 heteroatoms. The first-order valence-corrected chi connectivity index (χ1v) is 8.78. The summed E-state index contributed by atoms with van der Waals surface area (Å²) in [7, 11) is 0. The van der Waals surface area contributed by atoms with Gasteiger partial charge in [0.2, 0.25) is 5.91 Å². The molecule has 1 aliphatic rings. The van der Waals surface area contributed by atoms with Crippen LogP contribution >= 0.6 is 0 Å². The third-order valence-electron chi connectivity index (χ3n) is 4.50. The van der Waals surface area contributed by atoms with E-state index < -0.39 is 11.7 Å². The van der Waals surface area contributed by atoms with E-state index in [0.29, 0.717) is 18.2 Å². The quantitative estimate of drug-likeness (QED) is 0.663. The molecule has 1 saturated heterocycles. The topological polar surface area (TPSA) is 20.3 Å². The first-order valence-electron chi connectivity index (χ1n) is 8.78. The van der Waals surface area contributed by atoms with Crippen molar-refractivity contribution in [3.05, 3.63) is 47.0 Å². The van der Waals surface area contributed by atoms with Gasteiger partial charge in [-0.25, -0.2) is 0 Å². The number of hydrogen-bond donors (Lipinski definition) is 0. The smallest absolute Gasteiger partial charge is 0.343 e. The minimum Gasteiger partial charge on any atom is -0.343 e. The van der Waals surface area contributed by atoms with Crippen LogP contribution in [0.15, 0.2) is 30.4 Å². The molecule has 1 aromatic rings. The van der Waals surface area contributed by atoms with Gasteiger partial charge in [0.1, 0.15) is 0 Å². The minimum absolute atomic E-state index is 0.342. The summed E-state index contributed by atoms with van der Waals surface area (Å²) in [6.45, 7) is 9.73. The van der Waals surface area contributed by atoms with Gasteiger partial charge in [-0.3, -0.25) is 4.79 Å². The highest BCUT2D eigenvalue weighted by atomic mass is 19.4. The first kappa shape index (κ1) is 21.3. The highest BCUT2D eigenvalue weighted by Gasteiger charge is 2.30. The van der Waals surface area contributed by atoms with Crippen molar-refractivity contribution in [2.45, 2.75) is 53.1 Å². The van der Waals surface area contributed by atoms with Gasteiger partial charge in [-0.05, 0) is 56.4 Å². The second-order valence-electron chi connectivity index (χ2n) is 6.32. The lowest BCUT2D eigenvalue weighted by atomic mass is 10.0. The maximum atomic E-state index is 12.4. The Labute approximate surface area is 148 Å². The monoisotopic (exact) mass is 355 g/mol. The normalized spacial score (nSPS) is 17.8. The number of allylic oxidation sites excluding steroid dienone is 2. The van der Waals surface area contributed by atoms with Gasteiger partial charge in [-0.2, -0.15) is 13.2 Å². The number of rotatable bonds is 4. The van der Waals surface area contributed by atoms with E-state index >= 15 is 0 Å². The fraction of sp³-hybridized carbons (Fsp3) is 0.550. The standard InChI is InChI=1S/C12H13F3.C8H15NO/c1-3-4-5-10-8-11(12(13,14)15)7-6-9(10)2;1-3-7-5-8(10)9(4-2)6-7/h3-4,6-8H,5H2,1-2H3;7H,3-6H2,1-2H3/b4-3-;/t;7-/m.0/s1. The van der Waals surface area contributed by atoms with Gasteiger partial charge in [-0.1, -0.05) is 31.6 Å². The fourth-order valence-corrected chi connectivity index (χ4v) is 2.75. The molecule has 1 heterocycles. The number of carbonyl (C=O) groups excluding carboxylic acids is 1. The van der Waals surface area contributed by atoms with Crippen LogP contribution < -0.4 is 0 Å². The highest BCUT2D eigenvalue weighted by molar-refractivity contribution is 5.78. The summed E-state index contributed by atoms with van der Waals surface area (Å²) in [5, 5.41) is 0. The average Bonchev–Trinajstić information content (AvgIpc) is 2.94. The van der Waals surface area contributed by atoms with Crippen LogP contribution in [0, 0.1) is 12.8 Å². The molecule has 1 aromatic carbocycles. The lowest BCUT2D eigenvalue weighted by Gasteiger charge is -2.12. The highest BCUT2D eigenvalue weighted by Crippen LogP contribution is 2.30. The summed E-state index contributed by atoms with van der Waals surface area (Å²) < 4.78 is 37.2. The molecule has 2 nitrogen and oxygen atoms in total. The number of hydrogen-bond acceptors (Lipinski definition) is 1. The first-order chi connectivity index (χ1) is 11.7. The summed E-state index contributed by atoms with van der Waals surface area (Å²) in [6, 6.07) is 3.85. The van der Waals surface area contributed by atoms with Crippen LogP contribution in [-0.2, 0) is 17.4 Å². The second kappa shape index (κ2) is 9.64. The van der Waals surface area contributed by atoms with Gasteiger partial charge >= 0.3 is 6.18 Å². The molecule has 0 spiro atoms. The van der Waals surface area contributed by atoms with Crippen LogP contribution in [0.3, 0.4) is 0 Å². The zero-order valence-corrected chi connectivity index (χ0v) is 15.5. The number of amides is 1. The van der Waals surface area contributed by atoms with Crippen LogP contribution in [0.5, 0.6) is 0 Å². The molecular formula is C20H28F3NO. The van der Waals surface area contributed by atoms with E-state index in [9.17, 15) is 18.0 Å². The number of benzene rings is 1. The van der Waals surface area contributed by atoms with Crippen LogP contribution in [0.4, 0.5) is 13.2 Å². The Hall–Kier alpha value is -1.78. The van der Waals surface area contributed by atoms with Crippen molar-refractivity contribution in [1.29, 1.82) is 0 Å². The van der Waals surface area contributed by atoms with Gasteiger partial charge < -0.3 is 4.90 Å². The summed E-state index contributed by atoms with van der Waals surface area (Å²) >= 11 is 0. The molecule has 1 atom stereocenters. The molecule has 0 saturated carbocycles. The van der Waals surface area contributed by atoms with Crippen molar-refractivity contribution in [3.8, 4) is 0 Å². The number of carbonyl (C=O) groups is 1. The van der Waals surface area contributed by atoms with Gasteiger partial charge in [0.15, 0.2) is 0 Å². The molecule has 0 radical (unpaired) electrons. The molecule has 0 aromatic heterocycles. The van der Waals surface area contributed by atoms with Crippen LogP contribution in [-0.4, -0.2) is 23.9 Å². The van der Waals surface area contributed by atoms with Crippen molar-refractivity contribution in [1.82, 2.24) is 4.90 Å². The van der Waals surface area contributed by atoms with Gasteiger partial charge in [0.05, 0.1) is 5.56 Å². The number of aryl methyl sites for hydroxylation is 1. The van der Waals surface area contributed by atoms with Gasteiger partial charge in [-0.15, -0.1) is 0 Å². The molecule has 1 amide bonds. The largest absolute Gasteiger partial charge is 0.416 e. The van der Waals surface area contributed by atoms with Gasteiger partial charge in [0, 0.05) is 19.5 Å². The molecule has 0 aliphatic carbocycles. The molecule has 0 unspecified atom stereocenters. The molecule has 2 rings (SSSR count). The van der Waals surface area contributed by atoms with Crippen molar-refractivity contribution in [2.75, 3.05) is 13.1 Å². The van der Waals surface area contributed by atoms with Crippen LogP contribution in [0.1, 0.15) is 50.3 Å². The molecule has 1 aliphatic heterocycles. The van der Waals surface area contributed by atoms with E-state index in [0.717, 1.165) is 43.1 Å². The number of halogens is 3. The van der Waals surface area contributed by atoms with Crippen molar-refractivity contribution < 1.29 is 18.0 Å². The maximum Gasteiger partial charge on any atom is 0.416 e. The van der Waals surface area contributed by atoms with E-state index in [4.69, 9.17) is 0 Å². The second-order valence-corrected chi connectivity index (χ2v) is 6.32. The fourth-order valence-electron chi connectivity index (χ4n) is 2.75. The Kier molecular flexibility index (Phi) is 8.20. The van der Waals surface area contributed by atoms with Crippen LogP contribution in [0.25, 0.3) is 0 Å². The Balaban J connectivity index is 0.000000271. The Morgan fingerprint density at radius 2 is 1.96 bits per heavy atom. The molecule has 0 N–H and O–H groups in total. The van der Waals surface area contributed by atoms with Crippen LogP contribution in [0.2, 0.25) is 0 Å². The van der Waals surface area contributed by atoms with Crippen molar-refractivity contribution >= 4 is 5.91 Å². The SMILES string of the molecule is C/C=C\Cc1cc(C(F)(F)F)ccc1C.CC[C@H]1CC(=O)N(CC)C1. The van der Waals surface area contributed by atoms with E-state index in [1.54, 1.807) is 0 Å². The molecule has 1 fully saturated rings. The number of nitrogens with zero attached hydrogens (tertiary/aromatic N) is 1. The minimum atomic E-state index is -4.25. The number of likely N-dealkylation sites (tertiary alicyclic amines) is 1. The Morgan fingerprint density at radius 3 is 2.40 bits per heavy atom. The predicted octanol–water partition coefficient (Wildman–Crippen LogP) is 5.40. The van der Waals surface area contributed by atoms with Gasteiger partial charge in [0.25, 0.3) is 0 Å². The molecule has 25 heavy (non-hydrogen) atoms. The zero-order chi connectivity index (χ0) is 19.0. The Bertz CT molecular complexity index is 593. The third-order valence-corrected chi connectivity index (χ3v) is 4.50. The van der Waals surface area contributed by atoms with Crippen molar-refractivity contribution in [2.24, 2.45) is 5.92 Å². The summed E-state index contributed by atoms with van der Waals surface area (Å²) in [5.41, 5.74) is 1.04. The van der Waals surface area contributed by atoms with E-state index in [1.807, 2.05) is 37.8 Å². The zero-order valence-electron chi connectivity index (χ0n) is 15.5. The molecule has 140 valence electrons. The molecule has 0 bridgehead atoms. The molecular weight excluding hydrogens is 327 g/mol. The lowest BCUT2D eigenvalue weighted by Crippen LogP contribution is -2.24. The van der Waals surface area contributed by atoms with E-state index in [2.05, 4.69) is 6.92 Å². The number of alkyl halides is 3. The van der Waals surface area contributed by atoms with E-state index in [1.165, 1.54) is 12.1 Å².